The standard InChI is InChI=1S/C12H13N/c1-3-4-10-8-13-12-7-9(2)5-6-11(10)12/h3,5-8,13H,1,4H2,2H3. The van der Waals surface area contributed by atoms with Crippen LogP contribution in [0.2, 0.25) is 0 Å². The highest BCUT2D eigenvalue weighted by Gasteiger charge is 2.00. The maximum Gasteiger partial charge on any atom is 0.0459 e. The molecule has 66 valence electrons. The number of hydrogen-bond acceptors (Lipinski definition) is 0. The number of aromatic amines is 1. The Kier molecular flexibility index (Phi) is 1.93. The molecular formula is C12H13N. The van der Waals surface area contributed by atoms with Gasteiger partial charge in [-0.15, -0.1) is 6.58 Å². The fourth-order valence-corrected chi connectivity index (χ4v) is 1.62. The summed E-state index contributed by atoms with van der Waals surface area (Å²) < 4.78 is 0. The van der Waals surface area contributed by atoms with Gasteiger partial charge in [0.05, 0.1) is 0 Å². The summed E-state index contributed by atoms with van der Waals surface area (Å²) in [6.45, 7) is 5.85. The highest BCUT2D eigenvalue weighted by molar-refractivity contribution is 5.83. The first kappa shape index (κ1) is 8.11. The molecule has 2 rings (SSSR count). The first-order chi connectivity index (χ1) is 6.31. The zero-order chi connectivity index (χ0) is 9.26. The second-order valence-electron chi connectivity index (χ2n) is 3.36. The second-order valence-corrected chi connectivity index (χ2v) is 3.36. The van der Waals surface area contributed by atoms with E-state index in [2.05, 4.69) is 42.9 Å². The largest absolute Gasteiger partial charge is 0.361 e. The molecule has 2 aromatic rings. The number of aryl methyl sites for hydroxylation is 1. The Hall–Kier alpha value is -1.50. The summed E-state index contributed by atoms with van der Waals surface area (Å²) in [7, 11) is 0. The van der Waals surface area contributed by atoms with Gasteiger partial charge in [-0.05, 0) is 30.5 Å². The van der Waals surface area contributed by atoms with E-state index in [1.54, 1.807) is 0 Å². The van der Waals surface area contributed by atoms with Crippen molar-refractivity contribution in [3.8, 4) is 0 Å². The first-order valence-corrected chi connectivity index (χ1v) is 4.49. The molecule has 0 saturated heterocycles. The van der Waals surface area contributed by atoms with Gasteiger partial charge in [-0.2, -0.15) is 0 Å². The fraction of sp³-hybridized carbons (Fsp3) is 0.167. The van der Waals surface area contributed by atoms with Crippen molar-refractivity contribution in [1.82, 2.24) is 4.98 Å². The molecule has 1 nitrogen and oxygen atoms in total. The van der Waals surface area contributed by atoms with E-state index in [0.717, 1.165) is 6.42 Å². The molecule has 0 bridgehead atoms. The van der Waals surface area contributed by atoms with Gasteiger partial charge in [-0.3, -0.25) is 0 Å². The third-order valence-corrected chi connectivity index (χ3v) is 2.29. The van der Waals surface area contributed by atoms with E-state index in [9.17, 15) is 0 Å². The summed E-state index contributed by atoms with van der Waals surface area (Å²) in [4.78, 5) is 3.27. The molecule has 1 aromatic heterocycles. The predicted molar refractivity (Wildman–Crippen MR) is 56.9 cm³/mol. The summed E-state index contributed by atoms with van der Waals surface area (Å²) >= 11 is 0. The number of H-pyrrole nitrogens is 1. The molecule has 1 aromatic carbocycles. The van der Waals surface area contributed by atoms with Crippen molar-refractivity contribution >= 4 is 10.9 Å². The molecule has 0 aliphatic heterocycles. The number of hydrogen-bond donors (Lipinski definition) is 1. The Labute approximate surface area is 78.1 Å². The number of fused-ring (bicyclic) bond motifs is 1. The van der Waals surface area contributed by atoms with E-state index >= 15 is 0 Å². The molecule has 13 heavy (non-hydrogen) atoms. The van der Waals surface area contributed by atoms with Crippen LogP contribution in [0.3, 0.4) is 0 Å². The van der Waals surface area contributed by atoms with Crippen molar-refractivity contribution in [2.75, 3.05) is 0 Å². The summed E-state index contributed by atoms with van der Waals surface area (Å²) in [6, 6.07) is 6.48. The SMILES string of the molecule is C=CCc1c[nH]c2cc(C)ccc12. The number of rotatable bonds is 2. The minimum absolute atomic E-state index is 0.934. The molecule has 0 fully saturated rings. The first-order valence-electron chi connectivity index (χ1n) is 4.49. The van der Waals surface area contributed by atoms with E-state index in [4.69, 9.17) is 0 Å². The molecule has 0 spiro atoms. The van der Waals surface area contributed by atoms with Crippen molar-refractivity contribution in [3.05, 3.63) is 48.2 Å². The molecule has 0 atom stereocenters. The summed E-state index contributed by atoms with van der Waals surface area (Å²) in [5.41, 5.74) is 3.83. The molecule has 0 unspecified atom stereocenters. The van der Waals surface area contributed by atoms with Crippen molar-refractivity contribution in [2.24, 2.45) is 0 Å². The molecule has 0 aliphatic carbocycles. The quantitative estimate of drug-likeness (QED) is 0.668. The third-order valence-electron chi connectivity index (χ3n) is 2.29. The van der Waals surface area contributed by atoms with Gasteiger partial charge in [0.15, 0.2) is 0 Å². The zero-order valence-electron chi connectivity index (χ0n) is 7.80. The number of allylic oxidation sites excluding steroid dienone is 1. The van der Waals surface area contributed by atoms with Crippen LogP contribution in [0.25, 0.3) is 10.9 Å². The lowest BCUT2D eigenvalue weighted by molar-refractivity contribution is 1.29. The van der Waals surface area contributed by atoms with Crippen LogP contribution in [-0.4, -0.2) is 4.98 Å². The van der Waals surface area contributed by atoms with E-state index in [-0.39, 0.29) is 0 Å². The highest BCUT2D eigenvalue weighted by atomic mass is 14.7. The van der Waals surface area contributed by atoms with Crippen molar-refractivity contribution in [2.45, 2.75) is 13.3 Å². The van der Waals surface area contributed by atoms with E-state index < -0.39 is 0 Å². The molecule has 0 radical (unpaired) electrons. The van der Waals surface area contributed by atoms with Crippen molar-refractivity contribution in [1.29, 1.82) is 0 Å². The van der Waals surface area contributed by atoms with Gasteiger partial charge in [-0.1, -0.05) is 18.2 Å². The van der Waals surface area contributed by atoms with Crippen LogP contribution in [0.5, 0.6) is 0 Å². The van der Waals surface area contributed by atoms with Crippen molar-refractivity contribution in [3.63, 3.8) is 0 Å². The Balaban J connectivity index is 2.61. The van der Waals surface area contributed by atoms with E-state index in [1.165, 1.54) is 22.0 Å². The van der Waals surface area contributed by atoms with Crippen LogP contribution in [0.15, 0.2) is 37.1 Å². The van der Waals surface area contributed by atoms with Crippen LogP contribution in [0.1, 0.15) is 11.1 Å². The normalized spacial score (nSPS) is 10.5. The monoisotopic (exact) mass is 171 g/mol. The highest BCUT2D eigenvalue weighted by Crippen LogP contribution is 2.19. The second kappa shape index (κ2) is 3.09. The van der Waals surface area contributed by atoms with Gasteiger partial charge in [0.1, 0.15) is 0 Å². The molecule has 0 aliphatic rings. The number of nitrogens with one attached hydrogen (secondary N) is 1. The van der Waals surface area contributed by atoms with Crippen LogP contribution in [-0.2, 0) is 6.42 Å². The topological polar surface area (TPSA) is 15.8 Å². The minimum atomic E-state index is 0.934. The zero-order valence-corrected chi connectivity index (χ0v) is 7.80. The van der Waals surface area contributed by atoms with E-state index in [1.807, 2.05) is 6.08 Å². The maximum atomic E-state index is 3.75. The Morgan fingerprint density at radius 3 is 3.08 bits per heavy atom. The van der Waals surface area contributed by atoms with E-state index in [0.29, 0.717) is 0 Å². The lowest BCUT2D eigenvalue weighted by atomic mass is 10.1. The lowest BCUT2D eigenvalue weighted by Gasteiger charge is -1.95. The molecule has 1 heterocycles. The third kappa shape index (κ3) is 1.37. The van der Waals surface area contributed by atoms with Gasteiger partial charge < -0.3 is 4.98 Å². The Morgan fingerprint density at radius 2 is 2.31 bits per heavy atom. The molecule has 0 amide bonds. The fourth-order valence-electron chi connectivity index (χ4n) is 1.62. The molecular weight excluding hydrogens is 158 g/mol. The lowest BCUT2D eigenvalue weighted by Crippen LogP contribution is -1.76. The molecule has 1 heteroatoms. The number of aromatic nitrogens is 1. The predicted octanol–water partition coefficient (Wildman–Crippen LogP) is 3.20. The molecule has 1 N–H and O–H groups in total. The summed E-state index contributed by atoms with van der Waals surface area (Å²) in [6.07, 6.45) is 4.93. The summed E-state index contributed by atoms with van der Waals surface area (Å²) in [5.74, 6) is 0. The Bertz CT molecular complexity index is 437. The van der Waals surface area contributed by atoms with Gasteiger partial charge in [0.25, 0.3) is 0 Å². The van der Waals surface area contributed by atoms with Crippen LogP contribution < -0.4 is 0 Å². The summed E-state index contributed by atoms with van der Waals surface area (Å²) in [5, 5.41) is 1.31. The van der Waals surface area contributed by atoms with Crippen LogP contribution in [0.4, 0.5) is 0 Å². The average Bonchev–Trinajstić information content (AvgIpc) is 2.49. The van der Waals surface area contributed by atoms with Gasteiger partial charge in [-0.25, -0.2) is 0 Å². The minimum Gasteiger partial charge on any atom is -0.361 e. The van der Waals surface area contributed by atoms with Crippen LogP contribution >= 0.6 is 0 Å². The van der Waals surface area contributed by atoms with Crippen molar-refractivity contribution < 1.29 is 0 Å². The average molecular weight is 171 g/mol. The van der Waals surface area contributed by atoms with Crippen LogP contribution in [0, 0.1) is 6.92 Å². The van der Waals surface area contributed by atoms with Gasteiger partial charge in [0.2, 0.25) is 0 Å². The Morgan fingerprint density at radius 1 is 1.46 bits per heavy atom. The van der Waals surface area contributed by atoms with Gasteiger partial charge in [0, 0.05) is 17.1 Å². The number of benzene rings is 1. The smallest absolute Gasteiger partial charge is 0.0459 e. The molecule has 0 saturated carbocycles. The van der Waals surface area contributed by atoms with Gasteiger partial charge >= 0.3 is 0 Å². The maximum absolute atomic E-state index is 3.75.